The third kappa shape index (κ3) is 5.39. The first-order valence-corrected chi connectivity index (χ1v) is 9.72. The third-order valence-corrected chi connectivity index (χ3v) is 5.03. The molecule has 0 radical (unpaired) electrons. The van der Waals surface area contributed by atoms with Crippen LogP contribution in [0.5, 0.6) is 5.75 Å². The molecule has 1 aromatic heterocycles. The van der Waals surface area contributed by atoms with Crippen LogP contribution in [0.4, 0.5) is 13.2 Å². The molecule has 0 aliphatic heterocycles. The first kappa shape index (κ1) is 22.7. The second-order valence-electron chi connectivity index (χ2n) is 7.12. The van der Waals surface area contributed by atoms with Crippen LogP contribution in [0.15, 0.2) is 48.2 Å². The molecule has 2 aromatic carbocycles. The first-order valence-electron chi connectivity index (χ1n) is 9.72. The number of hydrogen-bond acceptors (Lipinski definition) is 4. The van der Waals surface area contributed by atoms with Gasteiger partial charge in [0, 0.05) is 23.6 Å². The zero-order valence-electron chi connectivity index (χ0n) is 17.4. The topological polar surface area (TPSA) is 63.9 Å². The maximum atomic E-state index is 12.7. The molecule has 0 bridgehead atoms. The average molecular weight is 435 g/mol. The van der Waals surface area contributed by atoms with Gasteiger partial charge in [-0.3, -0.25) is 0 Å². The Balaban J connectivity index is 1.99. The van der Waals surface area contributed by atoms with E-state index in [4.69, 9.17) is 4.74 Å². The minimum Gasteiger partial charge on any atom is -0.493 e. The van der Waals surface area contributed by atoms with E-state index in [9.17, 15) is 23.4 Å². The fraction of sp³-hybridized carbons (Fsp3) is 0.304. The summed E-state index contributed by atoms with van der Waals surface area (Å²) in [5.74, 6) is -0.225. The number of aromatic nitrogens is 1. The Morgan fingerprint density at radius 1 is 1.16 bits per heavy atom. The van der Waals surface area contributed by atoms with Crippen molar-refractivity contribution in [2.24, 2.45) is 7.05 Å². The highest BCUT2D eigenvalue weighted by Gasteiger charge is 2.31. The second kappa shape index (κ2) is 9.03. The lowest BCUT2D eigenvalue weighted by Gasteiger charge is -2.11. The summed E-state index contributed by atoms with van der Waals surface area (Å²) in [7, 11) is 1.86. The minimum absolute atomic E-state index is 0.0370. The van der Waals surface area contributed by atoms with E-state index >= 15 is 0 Å². The summed E-state index contributed by atoms with van der Waals surface area (Å²) in [6.07, 6.45) is -4.46. The molecule has 8 heteroatoms. The molecule has 3 aromatic rings. The van der Waals surface area contributed by atoms with Crippen molar-refractivity contribution in [3.63, 3.8) is 0 Å². The Kier molecular flexibility index (Phi) is 6.62. The Morgan fingerprint density at radius 3 is 2.55 bits per heavy atom. The molecule has 0 saturated carbocycles. The molecule has 0 saturated heterocycles. The van der Waals surface area contributed by atoms with Gasteiger partial charge in [0.05, 0.1) is 6.61 Å². The van der Waals surface area contributed by atoms with Crippen molar-refractivity contribution in [3.05, 3.63) is 70.6 Å². The van der Waals surface area contributed by atoms with Gasteiger partial charge < -0.3 is 24.3 Å². The molecular formula is C23H24F3NO4. The molecule has 0 spiro atoms. The van der Waals surface area contributed by atoms with E-state index in [1.54, 1.807) is 25.1 Å². The van der Waals surface area contributed by atoms with E-state index in [0.717, 1.165) is 22.3 Å². The molecule has 0 unspecified atom stereocenters. The Morgan fingerprint density at radius 2 is 1.90 bits per heavy atom. The van der Waals surface area contributed by atoms with Crippen LogP contribution in [0.2, 0.25) is 0 Å². The molecule has 0 fully saturated rings. The zero-order chi connectivity index (χ0) is 22.8. The number of aliphatic hydroxyl groups excluding tert-OH is 1. The summed E-state index contributed by atoms with van der Waals surface area (Å²) >= 11 is 0. The number of rotatable bonds is 7. The average Bonchev–Trinajstić information content (AvgIpc) is 2.91. The van der Waals surface area contributed by atoms with Crippen LogP contribution in [-0.4, -0.2) is 34.0 Å². The number of hydrogen-bond donors (Lipinski definition) is 2. The first-order chi connectivity index (χ1) is 14.6. The fourth-order valence-corrected chi connectivity index (χ4v) is 3.57. The molecule has 31 heavy (non-hydrogen) atoms. The van der Waals surface area contributed by atoms with Crippen molar-refractivity contribution in [2.75, 3.05) is 6.61 Å². The van der Waals surface area contributed by atoms with Gasteiger partial charge in [0.15, 0.2) is 5.76 Å². The summed E-state index contributed by atoms with van der Waals surface area (Å²) in [6.45, 7) is 3.95. The van der Waals surface area contributed by atoms with E-state index < -0.39 is 12.7 Å². The molecule has 0 amide bonds. The van der Waals surface area contributed by atoms with E-state index in [1.807, 2.05) is 36.7 Å². The van der Waals surface area contributed by atoms with Crippen molar-refractivity contribution < 1.29 is 32.9 Å². The normalized spacial score (nSPS) is 12.6. The summed E-state index contributed by atoms with van der Waals surface area (Å²) in [5, 5.41) is 19.6. The van der Waals surface area contributed by atoms with Crippen LogP contribution in [0.25, 0.3) is 17.0 Å². The minimum atomic E-state index is -4.76. The summed E-state index contributed by atoms with van der Waals surface area (Å²) in [5.41, 5.74) is 4.25. The predicted octanol–water partition coefficient (Wildman–Crippen LogP) is 4.66. The Bertz CT molecular complexity index is 1100. The van der Waals surface area contributed by atoms with E-state index in [0.29, 0.717) is 24.0 Å². The van der Waals surface area contributed by atoms with Crippen LogP contribution in [0.3, 0.4) is 0 Å². The van der Waals surface area contributed by atoms with Gasteiger partial charge >= 0.3 is 6.36 Å². The van der Waals surface area contributed by atoms with Gasteiger partial charge in [0.2, 0.25) is 6.29 Å². The molecule has 3 rings (SSSR count). The van der Waals surface area contributed by atoms with Crippen molar-refractivity contribution in [3.8, 4) is 5.75 Å². The van der Waals surface area contributed by atoms with E-state index in [2.05, 4.69) is 4.74 Å². The SMILES string of the molecule is CCO/C(=C\c1cccc(Cc2c(C)n(C)c3ccc(OC(F)(F)F)cc23)c1)C(O)O. The molecule has 0 aliphatic carbocycles. The van der Waals surface area contributed by atoms with Crippen molar-refractivity contribution in [2.45, 2.75) is 32.9 Å². The number of benzene rings is 2. The Hall–Kier alpha value is -2.97. The standard InChI is InChI=1S/C23H24F3NO4/c1-4-30-21(22(28)29)12-16-7-5-6-15(10-16)11-18-14(2)27(3)20-9-8-17(13-19(18)20)31-23(24,25)26/h5-10,12-13,22,28-29H,4,11H2,1-3H3/b21-12-. The van der Waals surface area contributed by atoms with E-state index in [1.165, 1.54) is 12.1 Å². The van der Waals surface area contributed by atoms with Crippen LogP contribution < -0.4 is 4.74 Å². The lowest BCUT2D eigenvalue weighted by Crippen LogP contribution is -2.17. The highest BCUT2D eigenvalue weighted by atomic mass is 19.4. The van der Waals surface area contributed by atoms with Crippen molar-refractivity contribution in [1.82, 2.24) is 4.57 Å². The molecule has 5 nitrogen and oxygen atoms in total. The van der Waals surface area contributed by atoms with Gasteiger partial charge in [-0.25, -0.2) is 0 Å². The van der Waals surface area contributed by atoms with Gasteiger partial charge in [-0.2, -0.15) is 0 Å². The van der Waals surface area contributed by atoms with Gasteiger partial charge in [0.25, 0.3) is 0 Å². The molecular weight excluding hydrogens is 411 g/mol. The largest absolute Gasteiger partial charge is 0.573 e. The quantitative estimate of drug-likeness (QED) is 0.418. The van der Waals surface area contributed by atoms with Crippen LogP contribution in [0, 0.1) is 6.92 Å². The number of nitrogens with zero attached hydrogens (tertiary/aromatic N) is 1. The van der Waals surface area contributed by atoms with Crippen LogP contribution in [0.1, 0.15) is 29.3 Å². The lowest BCUT2D eigenvalue weighted by molar-refractivity contribution is -0.274. The van der Waals surface area contributed by atoms with E-state index in [-0.39, 0.29) is 11.5 Å². The third-order valence-electron chi connectivity index (χ3n) is 5.03. The monoisotopic (exact) mass is 435 g/mol. The van der Waals surface area contributed by atoms with Gasteiger partial charge in [-0.15, -0.1) is 13.2 Å². The summed E-state index contributed by atoms with van der Waals surface area (Å²) < 4.78 is 49.2. The molecule has 0 atom stereocenters. The highest BCUT2D eigenvalue weighted by molar-refractivity contribution is 5.87. The number of ether oxygens (including phenoxy) is 2. The zero-order valence-corrected chi connectivity index (χ0v) is 17.4. The van der Waals surface area contributed by atoms with Crippen molar-refractivity contribution in [1.29, 1.82) is 0 Å². The number of aryl methyl sites for hydroxylation is 1. The summed E-state index contributed by atoms with van der Waals surface area (Å²) in [6, 6.07) is 11.7. The van der Waals surface area contributed by atoms with Crippen LogP contribution in [-0.2, 0) is 18.2 Å². The maximum Gasteiger partial charge on any atom is 0.573 e. The molecule has 166 valence electrons. The Labute approximate surface area is 177 Å². The van der Waals surface area contributed by atoms with Gasteiger partial charge in [0.1, 0.15) is 5.75 Å². The van der Waals surface area contributed by atoms with Crippen LogP contribution >= 0.6 is 0 Å². The highest BCUT2D eigenvalue weighted by Crippen LogP contribution is 2.32. The second-order valence-corrected chi connectivity index (χ2v) is 7.12. The summed E-state index contributed by atoms with van der Waals surface area (Å²) in [4.78, 5) is 0. The number of aliphatic hydroxyl groups is 2. The fourth-order valence-electron chi connectivity index (χ4n) is 3.57. The van der Waals surface area contributed by atoms with Crippen molar-refractivity contribution >= 4 is 17.0 Å². The van der Waals surface area contributed by atoms with Gasteiger partial charge in [-0.1, -0.05) is 24.3 Å². The lowest BCUT2D eigenvalue weighted by atomic mass is 10.00. The predicted molar refractivity (Wildman–Crippen MR) is 111 cm³/mol. The number of alkyl halides is 3. The number of fused-ring (bicyclic) bond motifs is 1. The molecule has 2 N–H and O–H groups in total. The smallest absolute Gasteiger partial charge is 0.493 e. The molecule has 1 heterocycles. The van der Waals surface area contributed by atoms with Gasteiger partial charge in [-0.05, 0) is 61.2 Å². The number of halogens is 3. The maximum absolute atomic E-state index is 12.7. The molecule has 0 aliphatic rings.